The molecule has 0 atom stereocenters. The Hall–Kier alpha value is -2.09. The number of hydrogen-bond donors (Lipinski definition) is 3. The maximum Gasteiger partial charge on any atom is 0.337 e. The van der Waals surface area contributed by atoms with Gasteiger partial charge >= 0.3 is 12.0 Å². The van der Waals surface area contributed by atoms with Crippen LogP contribution in [0, 0.1) is 0 Å². The zero-order valence-corrected chi connectivity index (χ0v) is 12.6. The molecule has 21 heavy (non-hydrogen) atoms. The van der Waals surface area contributed by atoms with E-state index in [0.29, 0.717) is 24.1 Å². The van der Waals surface area contributed by atoms with Crippen molar-refractivity contribution in [3.8, 4) is 0 Å². The van der Waals surface area contributed by atoms with E-state index in [4.69, 9.17) is 5.11 Å². The average molecular weight is 356 g/mol. The number of rotatable bonds is 2. The van der Waals surface area contributed by atoms with Crippen molar-refractivity contribution >= 4 is 39.5 Å². The number of carbonyl (C=O) groups is 3. The van der Waals surface area contributed by atoms with Crippen molar-refractivity contribution in [2.75, 3.05) is 25.0 Å². The van der Waals surface area contributed by atoms with Gasteiger partial charge in [0.2, 0.25) is 5.91 Å². The number of benzene rings is 1. The van der Waals surface area contributed by atoms with E-state index in [1.165, 1.54) is 17.0 Å². The molecule has 2 rings (SSSR count). The first-order chi connectivity index (χ1) is 9.97. The van der Waals surface area contributed by atoms with Crippen molar-refractivity contribution in [3.05, 3.63) is 28.2 Å². The molecule has 0 radical (unpaired) electrons. The number of carboxylic acids is 1. The Balaban J connectivity index is 2.13. The van der Waals surface area contributed by atoms with Gasteiger partial charge in [-0.25, -0.2) is 9.59 Å². The van der Waals surface area contributed by atoms with Gasteiger partial charge in [0, 0.05) is 30.5 Å². The van der Waals surface area contributed by atoms with E-state index in [1.54, 1.807) is 6.07 Å². The van der Waals surface area contributed by atoms with Crippen LogP contribution in [0.4, 0.5) is 10.5 Å². The first-order valence-corrected chi connectivity index (χ1v) is 7.12. The molecule has 0 spiro atoms. The Morgan fingerprint density at radius 3 is 2.81 bits per heavy atom. The number of nitrogens with zero attached hydrogens (tertiary/aromatic N) is 1. The van der Waals surface area contributed by atoms with Gasteiger partial charge in [0.25, 0.3) is 0 Å². The van der Waals surface area contributed by atoms with Gasteiger partial charge in [-0.15, -0.1) is 0 Å². The van der Waals surface area contributed by atoms with Gasteiger partial charge in [0.05, 0.1) is 11.3 Å². The lowest BCUT2D eigenvalue weighted by atomic mass is 10.2. The number of carboxylic acid groups (broad SMARTS) is 1. The number of aromatic carboxylic acids is 1. The smallest absolute Gasteiger partial charge is 0.337 e. The van der Waals surface area contributed by atoms with Crippen LogP contribution in [0.1, 0.15) is 16.8 Å². The van der Waals surface area contributed by atoms with Crippen LogP contribution >= 0.6 is 15.9 Å². The number of halogens is 1. The molecule has 1 saturated heterocycles. The van der Waals surface area contributed by atoms with Crippen LogP contribution in [-0.2, 0) is 4.79 Å². The molecule has 7 nitrogen and oxygen atoms in total. The van der Waals surface area contributed by atoms with Crippen molar-refractivity contribution in [1.82, 2.24) is 10.2 Å². The largest absolute Gasteiger partial charge is 0.478 e. The van der Waals surface area contributed by atoms with Crippen molar-refractivity contribution in [2.45, 2.75) is 6.42 Å². The molecule has 1 aliphatic heterocycles. The zero-order chi connectivity index (χ0) is 15.4. The number of amides is 3. The summed E-state index contributed by atoms with van der Waals surface area (Å²) in [5.74, 6) is -1.22. The Labute approximate surface area is 129 Å². The number of nitrogens with one attached hydrogen (secondary N) is 2. The fraction of sp³-hybridized carbons (Fsp3) is 0.308. The molecule has 3 N–H and O–H groups in total. The van der Waals surface area contributed by atoms with Gasteiger partial charge in [-0.1, -0.05) is 15.9 Å². The maximum atomic E-state index is 12.2. The Morgan fingerprint density at radius 1 is 1.33 bits per heavy atom. The van der Waals surface area contributed by atoms with E-state index in [-0.39, 0.29) is 23.6 Å². The number of urea groups is 1. The van der Waals surface area contributed by atoms with Crippen LogP contribution in [0.3, 0.4) is 0 Å². The normalized spacial score (nSPS) is 15.1. The first kappa shape index (κ1) is 15.3. The van der Waals surface area contributed by atoms with E-state index >= 15 is 0 Å². The number of anilines is 1. The second kappa shape index (κ2) is 6.57. The van der Waals surface area contributed by atoms with E-state index in [9.17, 15) is 14.4 Å². The monoisotopic (exact) mass is 355 g/mol. The fourth-order valence-electron chi connectivity index (χ4n) is 1.97. The molecule has 1 aromatic rings. The molecule has 112 valence electrons. The summed E-state index contributed by atoms with van der Waals surface area (Å²) in [5, 5.41) is 14.4. The minimum atomic E-state index is -1.12. The SMILES string of the molecule is O=C1CCN(C(=O)Nc2cc(Br)ccc2C(=O)O)CCN1. The van der Waals surface area contributed by atoms with Crippen LogP contribution < -0.4 is 10.6 Å². The number of hydrogen-bond acceptors (Lipinski definition) is 3. The van der Waals surface area contributed by atoms with Gasteiger partial charge in [0.15, 0.2) is 0 Å². The molecule has 1 aliphatic rings. The minimum Gasteiger partial charge on any atom is -0.478 e. The molecule has 3 amide bonds. The molecular weight excluding hydrogens is 342 g/mol. The second-order valence-electron chi connectivity index (χ2n) is 4.51. The molecule has 0 bridgehead atoms. The summed E-state index contributed by atoms with van der Waals surface area (Å²) in [5.41, 5.74) is 0.223. The third kappa shape index (κ3) is 3.94. The third-order valence-electron chi connectivity index (χ3n) is 3.05. The lowest BCUT2D eigenvalue weighted by Crippen LogP contribution is -2.37. The van der Waals surface area contributed by atoms with Crippen LogP contribution in [-0.4, -0.2) is 47.5 Å². The fourth-order valence-corrected chi connectivity index (χ4v) is 2.33. The summed E-state index contributed by atoms with van der Waals surface area (Å²) >= 11 is 3.24. The summed E-state index contributed by atoms with van der Waals surface area (Å²) in [6, 6.07) is 4.11. The predicted molar refractivity (Wildman–Crippen MR) is 79.3 cm³/mol. The molecule has 0 unspecified atom stereocenters. The zero-order valence-electron chi connectivity index (χ0n) is 11.1. The van der Waals surface area contributed by atoms with Crippen LogP contribution in [0.2, 0.25) is 0 Å². The van der Waals surface area contributed by atoms with Crippen molar-refractivity contribution in [2.24, 2.45) is 0 Å². The summed E-state index contributed by atoms with van der Waals surface area (Å²) in [4.78, 5) is 36.1. The molecule has 0 aliphatic carbocycles. The predicted octanol–water partition coefficient (Wildman–Crippen LogP) is 1.50. The molecule has 8 heteroatoms. The third-order valence-corrected chi connectivity index (χ3v) is 3.55. The minimum absolute atomic E-state index is 0.00979. The summed E-state index contributed by atoms with van der Waals surface area (Å²) in [6.07, 6.45) is 0.234. The first-order valence-electron chi connectivity index (χ1n) is 6.33. The maximum absolute atomic E-state index is 12.2. The second-order valence-corrected chi connectivity index (χ2v) is 5.43. The summed E-state index contributed by atoms with van der Waals surface area (Å²) in [6.45, 7) is 1.07. The van der Waals surface area contributed by atoms with E-state index in [1.807, 2.05) is 0 Å². The highest BCUT2D eigenvalue weighted by molar-refractivity contribution is 9.10. The van der Waals surface area contributed by atoms with Crippen LogP contribution in [0.25, 0.3) is 0 Å². The van der Waals surface area contributed by atoms with Crippen molar-refractivity contribution < 1.29 is 19.5 Å². The quantitative estimate of drug-likeness (QED) is 0.748. The molecule has 1 fully saturated rings. The Bertz CT molecular complexity index is 591. The lowest BCUT2D eigenvalue weighted by Gasteiger charge is -2.20. The summed E-state index contributed by atoms with van der Waals surface area (Å²) < 4.78 is 0.663. The van der Waals surface area contributed by atoms with Gasteiger partial charge in [0.1, 0.15) is 0 Å². The van der Waals surface area contributed by atoms with Gasteiger partial charge < -0.3 is 20.6 Å². The molecule has 0 saturated carbocycles. The van der Waals surface area contributed by atoms with Gasteiger partial charge in [-0.3, -0.25) is 4.79 Å². The molecule has 1 aromatic carbocycles. The topological polar surface area (TPSA) is 98.7 Å². The molecule has 0 aromatic heterocycles. The van der Waals surface area contributed by atoms with Crippen LogP contribution in [0.5, 0.6) is 0 Å². The van der Waals surface area contributed by atoms with E-state index < -0.39 is 12.0 Å². The van der Waals surface area contributed by atoms with Crippen LogP contribution in [0.15, 0.2) is 22.7 Å². The lowest BCUT2D eigenvalue weighted by molar-refractivity contribution is -0.120. The molecular formula is C13H14BrN3O4. The highest BCUT2D eigenvalue weighted by Crippen LogP contribution is 2.22. The molecule has 1 heterocycles. The Kier molecular flexibility index (Phi) is 4.79. The van der Waals surface area contributed by atoms with Crippen molar-refractivity contribution in [3.63, 3.8) is 0 Å². The number of carbonyl (C=O) groups excluding carboxylic acids is 2. The highest BCUT2D eigenvalue weighted by Gasteiger charge is 2.20. The van der Waals surface area contributed by atoms with E-state index in [2.05, 4.69) is 26.6 Å². The average Bonchev–Trinajstić information content (AvgIpc) is 2.63. The van der Waals surface area contributed by atoms with Crippen molar-refractivity contribution in [1.29, 1.82) is 0 Å². The van der Waals surface area contributed by atoms with E-state index in [0.717, 1.165) is 0 Å². The highest BCUT2D eigenvalue weighted by atomic mass is 79.9. The Morgan fingerprint density at radius 2 is 2.10 bits per heavy atom. The standard InChI is InChI=1S/C13H14BrN3O4/c14-8-1-2-9(12(19)20)10(7-8)16-13(21)17-5-3-11(18)15-4-6-17/h1-2,7H,3-6H2,(H,15,18)(H,16,21)(H,19,20). The van der Waals surface area contributed by atoms with Gasteiger partial charge in [-0.05, 0) is 18.2 Å². The van der Waals surface area contributed by atoms with Gasteiger partial charge in [-0.2, -0.15) is 0 Å². The summed E-state index contributed by atoms with van der Waals surface area (Å²) in [7, 11) is 0.